The summed E-state index contributed by atoms with van der Waals surface area (Å²) in [6.45, 7) is 0.250. The number of benzene rings is 1. The van der Waals surface area contributed by atoms with E-state index in [1.165, 1.54) is 11.1 Å². The van der Waals surface area contributed by atoms with Gasteiger partial charge in [0.25, 0.3) is 0 Å². The van der Waals surface area contributed by atoms with Crippen LogP contribution in [0, 0.1) is 0 Å². The van der Waals surface area contributed by atoms with Crippen LogP contribution in [0.1, 0.15) is 17.0 Å². The van der Waals surface area contributed by atoms with E-state index < -0.39 is 0 Å². The minimum absolute atomic E-state index is 0.250. The SMILES string of the molecule is COc1cccc2c1CC2CO. The Morgan fingerprint density at radius 2 is 2.42 bits per heavy atom. The molecule has 2 heteroatoms. The molecule has 64 valence electrons. The molecule has 1 N–H and O–H groups in total. The number of aliphatic hydroxyl groups excluding tert-OH is 1. The zero-order valence-corrected chi connectivity index (χ0v) is 7.08. The summed E-state index contributed by atoms with van der Waals surface area (Å²) in [5.74, 6) is 1.30. The number of fused-ring (bicyclic) bond motifs is 1. The first kappa shape index (κ1) is 7.62. The topological polar surface area (TPSA) is 29.5 Å². The first-order valence-electron chi connectivity index (χ1n) is 4.13. The van der Waals surface area contributed by atoms with Crippen molar-refractivity contribution in [1.82, 2.24) is 0 Å². The van der Waals surface area contributed by atoms with E-state index in [2.05, 4.69) is 6.07 Å². The van der Waals surface area contributed by atoms with Gasteiger partial charge < -0.3 is 9.84 Å². The Kier molecular flexibility index (Phi) is 1.77. The van der Waals surface area contributed by atoms with Gasteiger partial charge in [-0.1, -0.05) is 12.1 Å². The minimum Gasteiger partial charge on any atom is -0.496 e. The van der Waals surface area contributed by atoms with Gasteiger partial charge in [0.1, 0.15) is 5.75 Å². The second-order valence-electron chi connectivity index (χ2n) is 3.11. The van der Waals surface area contributed by atoms with E-state index in [9.17, 15) is 0 Å². The molecule has 1 unspecified atom stereocenters. The molecule has 0 saturated heterocycles. The number of hydrogen-bond donors (Lipinski definition) is 1. The lowest BCUT2D eigenvalue weighted by Gasteiger charge is -2.29. The lowest BCUT2D eigenvalue weighted by atomic mass is 9.77. The molecule has 2 nitrogen and oxygen atoms in total. The molecular formula is C10H12O2. The van der Waals surface area contributed by atoms with E-state index in [-0.39, 0.29) is 6.61 Å². The highest BCUT2D eigenvalue weighted by Crippen LogP contribution is 2.40. The van der Waals surface area contributed by atoms with Crippen molar-refractivity contribution in [2.24, 2.45) is 0 Å². The van der Waals surface area contributed by atoms with Crippen LogP contribution < -0.4 is 4.74 Å². The maximum atomic E-state index is 8.96. The second kappa shape index (κ2) is 2.79. The summed E-state index contributed by atoms with van der Waals surface area (Å²) in [7, 11) is 1.68. The summed E-state index contributed by atoms with van der Waals surface area (Å²) in [6.07, 6.45) is 0.954. The molecule has 0 heterocycles. The fourth-order valence-electron chi connectivity index (χ4n) is 1.76. The molecule has 1 aromatic rings. The van der Waals surface area contributed by atoms with E-state index in [1.807, 2.05) is 12.1 Å². The van der Waals surface area contributed by atoms with Crippen LogP contribution in [0.3, 0.4) is 0 Å². The van der Waals surface area contributed by atoms with E-state index in [4.69, 9.17) is 9.84 Å². The highest BCUT2D eigenvalue weighted by Gasteiger charge is 2.27. The standard InChI is InChI=1S/C10H12O2/c1-12-10-4-2-3-8-7(6-11)5-9(8)10/h2-4,7,11H,5-6H2,1H3. The summed E-state index contributed by atoms with van der Waals surface area (Å²) >= 11 is 0. The average molecular weight is 164 g/mol. The summed E-state index contributed by atoms with van der Waals surface area (Å²) in [4.78, 5) is 0. The Balaban J connectivity index is 2.36. The molecule has 1 atom stereocenters. The number of methoxy groups -OCH3 is 1. The summed E-state index contributed by atoms with van der Waals surface area (Å²) < 4.78 is 5.19. The average Bonchev–Trinajstić information content (AvgIpc) is 2.07. The van der Waals surface area contributed by atoms with Crippen LogP contribution in [0.15, 0.2) is 18.2 Å². The van der Waals surface area contributed by atoms with Gasteiger partial charge in [-0.15, -0.1) is 0 Å². The van der Waals surface area contributed by atoms with Crippen LogP contribution in [0.5, 0.6) is 5.75 Å². The van der Waals surface area contributed by atoms with Crippen LogP contribution in [-0.2, 0) is 6.42 Å². The largest absolute Gasteiger partial charge is 0.496 e. The Bertz CT molecular complexity index is 294. The number of ether oxygens (including phenoxy) is 1. The molecular weight excluding hydrogens is 152 g/mol. The summed E-state index contributed by atoms with van der Waals surface area (Å²) in [5, 5.41) is 8.96. The van der Waals surface area contributed by atoms with Gasteiger partial charge in [-0.05, 0) is 23.6 Å². The highest BCUT2D eigenvalue weighted by atomic mass is 16.5. The van der Waals surface area contributed by atoms with Crippen LogP contribution >= 0.6 is 0 Å². The highest BCUT2D eigenvalue weighted by molar-refractivity contribution is 5.49. The predicted molar refractivity (Wildman–Crippen MR) is 46.5 cm³/mol. The number of rotatable bonds is 2. The quantitative estimate of drug-likeness (QED) is 0.714. The third-order valence-corrected chi connectivity index (χ3v) is 2.50. The van der Waals surface area contributed by atoms with Crippen molar-refractivity contribution >= 4 is 0 Å². The van der Waals surface area contributed by atoms with E-state index in [0.29, 0.717) is 5.92 Å². The van der Waals surface area contributed by atoms with Crippen molar-refractivity contribution in [2.75, 3.05) is 13.7 Å². The molecule has 0 bridgehead atoms. The number of hydrogen-bond acceptors (Lipinski definition) is 2. The zero-order chi connectivity index (χ0) is 8.55. The predicted octanol–water partition coefficient (Wildman–Crippen LogP) is 1.33. The van der Waals surface area contributed by atoms with Gasteiger partial charge in [0.2, 0.25) is 0 Å². The van der Waals surface area contributed by atoms with E-state index in [0.717, 1.165) is 12.2 Å². The van der Waals surface area contributed by atoms with Gasteiger partial charge in [0, 0.05) is 5.92 Å². The van der Waals surface area contributed by atoms with Crippen LogP contribution in [0.2, 0.25) is 0 Å². The molecule has 0 spiro atoms. The first-order valence-corrected chi connectivity index (χ1v) is 4.13. The molecule has 0 amide bonds. The second-order valence-corrected chi connectivity index (χ2v) is 3.11. The third-order valence-electron chi connectivity index (χ3n) is 2.50. The van der Waals surface area contributed by atoms with Crippen molar-refractivity contribution in [3.8, 4) is 5.75 Å². The van der Waals surface area contributed by atoms with Crippen molar-refractivity contribution in [1.29, 1.82) is 0 Å². The molecule has 0 saturated carbocycles. The Hall–Kier alpha value is -1.02. The smallest absolute Gasteiger partial charge is 0.122 e. The Morgan fingerprint density at radius 1 is 1.58 bits per heavy atom. The zero-order valence-electron chi connectivity index (χ0n) is 7.08. The molecule has 0 aromatic heterocycles. The van der Waals surface area contributed by atoms with Gasteiger partial charge in [0.05, 0.1) is 13.7 Å². The maximum Gasteiger partial charge on any atom is 0.122 e. The van der Waals surface area contributed by atoms with Crippen molar-refractivity contribution < 1.29 is 9.84 Å². The van der Waals surface area contributed by atoms with Gasteiger partial charge in [-0.3, -0.25) is 0 Å². The lowest BCUT2D eigenvalue weighted by Crippen LogP contribution is -2.20. The molecule has 0 aliphatic heterocycles. The molecule has 1 aliphatic rings. The summed E-state index contributed by atoms with van der Waals surface area (Å²) in [6, 6.07) is 5.99. The van der Waals surface area contributed by atoms with Crippen LogP contribution in [0.25, 0.3) is 0 Å². The molecule has 1 aromatic carbocycles. The molecule has 12 heavy (non-hydrogen) atoms. The lowest BCUT2D eigenvalue weighted by molar-refractivity contribution is 0.250. The summed E-state index contributed by atoms with van der Waals surface area (Å²) in [5.41, 5.74) is 2.51. The third kappa shape index (κ3) is 0.916. The first-order chi connectivity index (χ1) is 5.86. The number of aliphatic hydroxyl groups is 1. The van der Waals surface area contributed by atoms with E-state index in [1.54, 1.807) is 7.11 Å². The molecule has 1 aliphatic carbocycles. The molecule has 0 fully saturated rings. The van der Waals surface area contributed by atoms with Gasteiger partial charge >= 0.3 is 0 Å². The van der Waals surface area contributed by atoms with Crippen LogP contribution in [-0.4, -0.2) is 18.8 Å². The molecule has 0 radical (unpaired) electrons. The van der Waals surface area contributed by atoms with Crippen molar-refractivity contribution in [2.45, 2.75) is 12.3 Å². The van der Waals surface area contributed by atoms with Crippen molar-refractivity contribution in [3.63, 3.8) is 0 Å². The maximum absolute atomic E-state index is 8.96. The Morgan fingerprint density at radius 3 is 3.08 bits per heavy atom. The van der Waals surface area contributed by atoms with Gasteiger partial charge in [-0.2, -0.15) is 0 Å². The van der Waals surface area contributed by atoms with Gasteiger partial charge in [0.15, 0.2) is 0 Å². The van der Waals surface area contributed by atoms with E-state index >= 15 is 0 Å². The fraction of sp³-hybridized carbons (Fsp3) is 0.400. The molecule has 2 rings (SSSR count). The fourth-order valence-corrected chi connectivity index (χ4v) is 1.76. The van der Waals surface area contributed by atoms with Gasteiger partial charge in [-0.25, -0.2) is 0 Å². The minimum atomic E-state index is 0.250. The van der Waals surface area contributed by atoms with Crippen LogP contribution in [0.4, 0.5) is 0 Å². The van der Waals surface area contributed by atoms with Crippen molar-refractivity contribution in [3.05, 3.63) is 29.3 Å². The Labute approximate surface area is 71.8 Å². The monoisotopic (exact) mass is 164 g/mol. The normalized spacial score (nSPS) is 19.7.